The van der Waals surface area contributed by atoms with Crippen LogP contribution in [0.25, 0.3) is 0 Å². The fourth-order valence-corrected chi connectivity index (χ4v) is 1.87. The molecule has 0 amide bonds. The highest BCUT2D eigenvalue weighted by Gasteiger charge is 2.13. The highest BCUT2D eigenvalue weighted by atomic mass is 16.4. The molecule has 0 aliphatic carbocycles. The van der Waals surface area contributed by atoms with Crippen LogP contribution < -0.4 is 5.32 Å². The van der Waals surface area contributed by atoms with Gasteiger partial charge in [-0.3, -0.25) is 0 Å². The van der Waals surface area contributed by atoms with Crippen molar-refractivity contribution in [1.82, 2.24) is 20.4 Å². The van der Waals surface area contributed by atoms with E-state index in [4.69, 9.17) is 4.42 Å². The number of aryl methyl sites for hydroxylation is 1. The molecule has 1 aromatic rings. The third-order valence-corrected chi connectivity index (χ3v) is 2.45. The van der Waals surface area contributed by atoms with Gasteiger partial charge in [-0.15, -0.1) is 10.2 Å². The summed E-state index contributed by atoms with van der Waals surface area (Å²) in [6.07, 6.45) is 1.14. The minimum atomic E-state index is 0.456. The van der Waals surface area contributed by atoms with Crippen molar-refractivity contribution in [3.63, 3.8) is 0 Å². The predicted octanol–water partition coefficient (Wildman–Crippen LogP) is 1.44. The second kappa shape index (κ2) is 6.71. The lowest BCUT2D eigenvalue weighted by molar-refractivity contribution is 0.296. The monoisotopic (exact) mass is 240 g/mol. The van der Waals surface area contributed by atoms with E-state index in [2.05, 4.69) is 48.4 Å². The maximum atomic E-state index is 5.35. The molecular formula is C12H24N4O. The summed E-state index contributed by atoms with van der Waals surface area (Å²) in [5, 5.41) is 11.3. The molecule has 0 saturated carbocycles. The molecule has 0 spiro atoms. The van der Waals surface area contributed by atoms with Crippen molar-refractivity contribution >= 4 is 0 Å². The highest BCUT2D eigenvalue weighted by Crippen LogP contribution is 2.07. The van der Waals surface area contributed by atoms with E-state index in [1.807, 2.05) is 6.92 Å². The Bertz CT molecular complexity index is 312. The summed E-state index contributed by atoms with van der Waals surface area (Å²) in [4.78, 5) is 2.19. The Morgan fingerprint density at radius 2 is 2.00 bits per heavy atom. The van der Waals surface area contributed by atoms with Crippen molar-refractivity contribution in [1.29, 1.82) is 0 Å². The predicted molar refractivity (Wildman–Crippen MR) is 67.7 cm³/mol. The Balaban J connectivity index is 2.42. The SMILES string of the molecule is Cc1nnc(CNC(CC(C)C)CN(C)C)o1. The van der Waals surface area contributed by atoms with Gasteiger partial charge in [-0.05, 0) is 26.4 Å². The molecular weight excluding hydrogens is 216 g/mol. The summed E-state index contributed by atoms with van der Waals surface area (Å²) in [6, 6.07) is 0.456. The van der Waals surface area contributed by atoms with E-state index < -0.39 is 0 Å². The molecule has 1 aromatic heterocycles. The van der Waals surface area contributed by atoms with Crippen LogP contribution in [-0.2, 0) is 6.54 Å². The average Bonchev–Trinajstić information content (AvgIpc) is 2.59. The number of likely N-dealkylation sites (N-methyl/N-ethyl adjacent to an activating group) is 1. The van der Waals surface area contributed by atoms with E-state index in [9.17, 15) is 0 Å². The Kier molecular flexibility index (Phi) is 5.58. The molecule has 1 rings (SSSR count). The van der Waals surface area contributed by atoms with E-state index >= 15 is 0 Å². The molecule has 5 nitrogen and oxygen atoms in total. The van der Waals surface area contributed by atoms with Crippen molar-refractivity contribution < 1.29 is 4.42 Å². The minimum absolute atomic E-state index is 0.456. The van der Waals surface area contributed by atoms with E-state index in [1.54, 1.807) is 0 Å². The first-order valence-corrected chi connectivity index (χ1v) is 6.14. The van der Waals surface area contributed by atoms with Gasteiger partial charge in [0.1, 0.15) is 0 Å². The van der Waals surface area contributed by atoms with Crippen molar-refractivity contribution in [2.45, 2.75) is 39.8 Å². The Hall–Kier alpha value is -0.940. The van der Waals surface area contributed by atoms with Crippen molar-refractivity contribution in [2.24, 2.45) is 5.92 Å². The first kappa shape index (κ1) is 14.1. The minimum Gasteiger partial charge on any atom is -0.424 e. The summed E-state index contributed by atoms with van der Waals surface area (Å²) in [7, 11) is 4.18. The first-order valence-electron chi connectivity index (χ1n) is 6.14. The quantitative estimate of drug-likeness (QED) is 0.781. The largest absolute Gasteiger partial charge is 0.424 e. The van der Waals surface area contributed by atoms with Gasteiger partial charge in [-0.1, -0.05) is 13.8 Å². The van der Waals surface area contributed by atoms with Gasteiger partial charge in [0.15, 0.2) is 0 Å². The van der Waals surface area contributed by atoms with Gasteiger partial charge in [-0.25, -0.2) is 0 Å². The second-order valence-electron chi connectivity index (χ2n) is 5.18. The first-order chi connectivity index (χ1) is 7.97. The van der Waals surface area contributed by atoms with Gasteiger partial charge in [0.05, 0.1) is 6.54 Å². The molecule has 1 atom stereocenters. The lowest BCUT2D eigenvalue weighted by Crippen LogP contribution is -2.38. The molecule has 98 valence electrons. The van der Waals surface area contributed by atoms with Gasteiger partial charge in [0, 0.05) is 19.5 Å². The lowest BCUT2D eigenvalue weighted by atomic mass is 10.0. The zero-order valence-electron chi connectivity index (χ0n) is 11.5. The van der Waals surface area contributed by atoms with Gasteiger partial charge < -0.3 is 14.6 Å². The van der Waals surface area contributed by atoms with Crippen LogP contribution in [0.4, 0.5) is 0 Å². The molecule has 0 bridgehead atoms. The van der Waals surface area contributed by atoms with Crippen molar-refractivity contribution in [3.8, 4) is 0 Å². The van der Waals surface area contributed by atoms with E-state index in [-0.39, 0.29) is 0 Å². The molecule has 17 heavy (non-hydrogen) atoms. The summed E-state index contributed by atoms with van der Waals surface area (Å²) >= 11 is 0. The van der Waals surface area contributed by atoms with Crippen LogP contribution in [0.1, 0.15) is 32.0 Å². The Morgan fingerprint density at radius 1 is 1.29 bits per heavy atom. The molecule has 1 N–H and O–H groups in total. The van der Waals surface area contributed by atoms with Crippen LogP contribution in [0.2, 0.25) is 0 Å². The van der Waals surface area contributed by atoms with Crippen molar-refractivity contribution in [2.75, 3.05) is 20.6 Å². The number of rotatable bonds is 7. The van der Waals surface area contributed by atoms with Gasteiger partial charge >= 0.3 is 0 Å². The molecule has 0 aromatic carbocycles. The average molecular weight is 240 g/mol. The van der Waals surface area contributed by atoms with Crippen molar-refractivity contribution in [3.05, 3.63) is 11.8 Å². The highest BCUT2D eigenvalue weighted by molar-refractivity contribution is 4.80. The van der Waals surface area contributed by atoms with Gasteiger partial charge in [0.25, 0.3) is 0 Å². The van der Waals surface area contributed by atoms with E-state index in [1.165, 1.54) is 0 Å². The molecule has 0 aliphatic heterocycles. The van der Waals surface area contributed by atoms with Crippen LogP contribution in [0.3, 0.4) is 0 Å². The molecule has 1 heterocycles. The van der Waals surface area contributed by atoms with Gasteiger partial charge in [-0.2, -0.15) is 0 Å². The molecule has 0 radical (unpaired) electrons. The normalized spacial score (nSPS) is 13.6. The van der Waals surface area contributed by atoms with Crippen LogP contribution in [-0.4, -0.2) is 41.8 Å². The van der Waals surface area contributed by atoms with Crippen LogP contribution >= 0.6 is 0 Å². The molecule has 0 saturated heterocycles. The number of nitrogens with one attached hydrogen (secondary N) is 1. The maximum absolute atomic E-state index is 5.35. The fourth-order valence-electron chi connectivity index (χ4n) is 1.87. The lowest BCUT2D eigenvalue weighted by Gasteiger charge is -2.23. The number of aromatic nitrogens is 2. The third-order valence-electron chi connectivity index (χ3n) is 2.45. The Labute approximate surface area is 104 Å². The summed E-state index contributed by atoms with van der Waals surface area (Å²) < 4.78 is 5.35. The van der Waals surface area contributed by atoms with Crippen LogP contribution in [0.15, 0.2) is 4.42 Å². The number of hydrogen-bond donors (Lipinski definition) is 1. The zero-order chi connectivity index (χ0) is 12.8. The smallest absolute Gasteiger partial charge is 0.230 e. The maximum Gasteiger partial charge on any atom is 0.230 e. The summed E-state index contributed by atoms with van der Waals surface area (Å²) in [5.74, 6) is 1.96. The third kappa shape index (κ3) is 5.79. The molecule has 0 aliphatic rings. The van der Waals surface area contributed by atoms with E-state index in [0.717, 1.165) is 13.0 Å². The second-order valence-corrected chi connectivity index (χ2v) is 5.18. The topological polar surface area (TPSA) is 54.2 Å². The summed E-state index contributed by atoms with van der Waals surface area (Å²) in [6.45, 7) is 7.95. The van der Waals surface area contributed by atoms with E-state index in [0.29, 0.717) is 30.3 Å². The number of hydrogen-bond acceptors (Lipinski definition) is 5. The van der Waals surface area contributed by atoms with Crippen LogP contribution in [0, 0.1) is 12.8 Å². The van der Waals surface area contributed by atoms with Gasteiger partial charge in [0.2, 0.25) is 11.8 Å². The summed E-state index contributed by atoms with van der Waals surface area (Å²) in [5.41, 5.74) is 0. The Morgan fingerprint density at radius 3 is 2.47 bits per heavy atom. The molecule has 5 heteroatoms. The fraction of sp³-hybridized carbons (Fsp3) is 0.833. The zero-order valence-corrected chi connectivity index (χ0v) is 11.5. The van der Waals surface area contributed by atoms with Crippen LogP contribution in [0.5, 0.6) is 0 Å². The number of nitrogens with zero attached hydrogens (tertiary/aromatic N) is 3. The molecule has 0 fully saturated rings. The standard InChI is InChI=1S/C12H24N4O/c1-9(2)6-11(8-16(4)5)13-7-12-15-14-10(3)17-12/h9,11,13H,6-8H2,1-5H3. The molecule has 1 unspecified atom stereocenters.